The largest absolute Gasteiger partial charge is 0.508 e. The standard InChI is InChI=1S/C27H40O3/c1-19(2)9-7-10-20(3)11-8-12-21(4)15-25(28)16-22(5)13-14-24-18-26(29)17-23(6)27(24)30/h9,11,13,15,17-18,25,28-30H,7-8,10,12,14,16H2,1-6H3/b20-11+,21-15+,22-13+. The summed E-state index contributed by atoms with van der Waals surface area (Å²) >= 11 is 0. The Morgan fingerprint density at radius 2 is 1.50 bits per heavy atom. The molecular weight excluding hydrogens is 372 g/mol. The van der Waals surface area contributed by atoms with E-state index in [1.807, 2.05) is 19.1 Å². The van der Waals surface area contributed by atoms with E-state index in [1.54, 1.807) is 19.1 Å². The lowest BCUT2D eigenvalue weighted by Crippen LogP contribution is -2.04. The molecule has 0 bridgehead atoms. The van der Waals surface area contributed by atoms with E-state index in [2.05, 4.69) is 39.8 Å². The highest BCUT2D eigenvalue weighted by Gasteiger charge is 2.07. The van der Waals surface area contributed by atoms with Crippen LogP contribution in [0.1, 0.15) is 77.8 Å². The Labute approximate surface area is 183 Å². The number of allylic oxidation sites excluding steroid dienone is 6. The summed E-state index contributed by atoms with van der Waals surface area (Å²) in [6.07, 6.45) is 13.3. The van der Waals surface area contributed by atoms with Gasteiger partial charge in [0.25, 0.3) is 0 Å². The lowest BCUT2D eigenvalue weighted by molar-refractivity contribution is 0.222. The van der Waals surface area contributed by atoms with Gasteiger partial charge in [0.05, 0.1) is 6.10 Å². The molecule has 0 aliphatic heterocycles. The average Bonchev–Trinajstić information content (AvgIpc) is 2.62. The Morgan fingerprint density at radius 3 is 2.17 bits per heavy atom. The summed E-state index contributed by atoms with van der Waals surface area (Å²) in [5.41, 5.74) is 6.40. The summed E-state index contributed by atoms with van der Waals surface area (Å²) in [6.45, 7) is 12.3. The normalized spacial score (nSPS) is 14.0. The second-order valence-corrected chi connectivity index (χ2v) is 8.72. The zero-order valence-electron chi connectivity index (χ0n) is 19.6. The third-order valence-corrected chi connectivity index (χ3v) is 5.17. The molecule has 3 N–H and O–H groups in total. The Hall–Kier alpha value is -2.26. The number of aryl methyl sites for hydroxylation is 1. The maximum atomic E-state index is 10.4. The summed E-state index contributed by atoms with van der Waals surface area (Å²) < 4.78 is 0. The zero-order chi connectivity index (χ0) is 22.7. The first-order valence-electron chi connectivity index (χ1n) is 10.9. The third kappa shape index (κ3) is 10.5. The number of phenolic OH excluding ortho intramolecular Hbond substituents is 2. The van der Waals surface area contributed by atoms with Crippen molar-refractivity contribution in [3.05, 3.63) is 69.9 Å². The molecule has 0 fully saturated rings. The Kier molecular flexibility index (Phi) is 11.3. The van der Waals surface area contributed by atoms with Crippen molar-refractivity contribution in [2.75, 3.05) is 0 Å². The maximum absolute atomic E-state index is 10.4. The van der Waals surface area contributed by atoms with Gasteiger partial charge in [-0.2, -0.15) is 0 Å². The first kappa shape index (κ1) is 25.8. The van der Waals surface area contributed by atoms with E-state index in [1.165, 1.54) is 16.7 Å². The van der Waals surface area contributed by atoms with Gasteiger partial charge in [0.2, 0.25) is 0 Å². The monoisotopic (exact) mass is 412 g/mol. The van der Waals surface area contributed by atoms with Crippen LogP contribution in [-0.4, -0.2) is 21.4 Å². The Morgan fingerprint density at radius 1 is 0.867 bits per heavy atom. The van der Waals surface area contributed by atoms with Crippen molar-refractivity contribution >= 4 is 0 Å². The Balaban J connectivity index is 2.51. The van der Waals surface area contributed by atoms with Gasteiger partial charge in [0.1, 0.15) is 11.5 Å². The van der Waals surface area contributed by atoms with E-state index in [0.717, 1.165) is 31.3 Å². The molecule has 0 radical (unpaired) electrons. The predicted octanol–water partition coefficient (Wildman–Crippen LogP) is 7.07. The summed E-state index contributed by atoms with van der Waals surface area (Å²) in [5, 5.41) is 30.2. The number of aromatic hydroxyl groups is 2. The number of rotatable bonds is 11. The molecule has 0 amide bonds. The lowest BCUT2D eigenvalue weighted by Gasteiger charge is -2.10. The molecule has 0 aliphatic carbocycles. The molecule has 1 unspecified atom stereocenters. The summed E-state index contributed by atoms with van der Waals surface area (Å²) in [7, 11) is 0. The quantitative estimate of drug-likeness (QED) is 0.269. The molecule has 1 rings (SSSR count). The lowest BCUT2D eigenvalue weighted by atomic mass is 10.0. The fourth-order valence-electron chi connectivity index (χ4n) is 3.39. The van der Waals surface area contributed by atoms with Crippen molar-refractivity contribution < 1.29 is 15.3 Å². The molecule has 0 heterocycles. The van der Waals surface area contributed by atoms with Crippen molar-refractivity contribution in [1.29, 1.82) is 0 Å². The minimum atomic E-state index is -0.511. The van der Waals surface area contributed by atoms with Gasteiger partial charge >= 0.3 is 0 Å². The first-order chi connectivity index (χ1) is 14.1. The highest BCUT2D eigenvalue weighted by Crippen LogP contribution is 2.28. The summed E-state index contributed by atoms with van der Waals surface area (Å²) in [6, 6.07) is 3.13. The van der Waals surface area contributed by atoms with Crippen LogP contribution in [0.25, 0.3) is 0 Å². The third-order valence-electron chi connectivity index (χ3n) is 5.17. The van der Waals surface area contributed by atoms with Gasteiger partial charge in [-0.05, 0) is 97.8 Å². The second kappa shape index (κ2) is 13.1. The molecule has 0 spiro atoms. The highest BCUT2D eigenvalue weighted by molar-refractivity contribution is 5.46. The molecule has 30 heavy (non-hydrogen) atoms. The molecule has 1 aromatic rings. The van der Waals surface area contributed by atoms with Crippen molar-refractivity contribution in [3.8, 4) is 11.5 Å². The Bertz CT molecular complexity index is 806. The van der Waals surface area contributed by atoms with Gasteiger partial charge in [-0.3, -0.25) is 0 Å². The topological polar surface area (TPSA) is 60.7 Å². The van der Waals surface area contributed by atoms with Crippen molar-refractivity contribution in [2.45, 2.75) is 86.2 Å². The van der Waals surface area contributed by atoms with Crippen LogP contribution in [-0.2, 0) is 6.42 Å². The summed E-state index contributed by atoms with van der Waals surface area (Å²) in [4.78, 5) is 0. The van der Waals surface area contributed by atoms with Crippen LogP contribution in [0.3, 0.4) is 0 Å². The van der Waals surface area contributed by atoms with E-state index in [4.69, 9.17) is 0 Å². The number of benzene rings is 1. The minimum absolute atomic E-state index is 0.158. The van der Waals surface area contributed by atoms with Gasteiger partial charge < -0.3 is 15.3 Å². The van der Waals surface area contributed by atoms with E-state index in [9.17, 15) is 15.3 Å². The second-order valence-electron chi connectivity index (χ2n) is 8.72. The van der Waals surface area contributed by atoms with Crippen LogP contribution in [0.4, 0.5) is 0 Å². The molecule has 166 valence electrons. The van der Waals surface area contributed by atoms with Crippen molar-refractivity contribution in [3.63, 3.8) is 0 Å². The van der Waals surface area contributed by atoms with Gasteiger partial charge in [-0.1, -0.05) is 46.6 Å². The number of aliphatic hydroxyl groups excluding tert-OH is 1. The van der Waals surface area contributed by atoms with Gasteiger partial charge in [0, 0.05) is 5.56 Å². The van der Waals surface area contributed by atoms with Crippen molar-refractivity contribution in [2.24, 2.45) is 0 Å². The molecule has 1 atom stereocenters. The number of phenols is 2. The number of aliphatic hydroxyl groups is 1. The van der Waals surface area contributed by atoms with Crippen LogP contribution in [0.2, 0.25) is 0 Å². The van der Waals surface area contributed by atoms with E-state index >= 15 is 0 Å². The van der Waals surface area contributed by atoms with Gasteiger partial charge in [-0.25, -0.2) is 0 Å². The molecule has 3 nitrogen and oxygen atoms in total. The van der Waals surface area contributed by atoms with Gasteiger partial charge in [-0.15, -0.1) is 0 Å². The van der Waals surface area contributed by atoms with E-state index in [0.29, 0.717) is 24.0 Å². The van der Waals surface area contributed by atoms with Gasteiger partial charge in [0.15, 0.2) is 0 Å². The molecular formula is C27H40O3. The van der Waals surface area contributed by atoms with Crippen LogP contribution < -0.4 is 0 Å². The average molecular weight is 413 g/mol. The minimum Gasteiger partial charge on any atom is -0.508 e. The SMILES string of the molecule is CC(C)=CCC/C(C)=C/CC/C(C)=C/C(O)C/C(C)=C/Cc1cc(O)cc(C)c1O. The van der Waals surface area contributed by atoms with E-state index in [-0.39, 0.29) is 11.5 Å². The fourth-order valence-corrected chi connectivity index (χ4v) is 3.39. The molecule has 3 heteroatoms. The first-order valence-corrected chi connectivity index (χ1v) is 10.9. The maximum Gasteiger partial charge on any atom is 0.122 e. The molecule has 0 saturated carbocycles. The van der Waals surface area contributed by atoms with E-state index < -0.39 is 6.10 Å². The molecule has 0 aliphatic rings. The highest BCUT2D eigenvalue weighted by atomic mass is 16.3. The van der Waals surface area contributed by atoms with Crippen molar-refractivity contribution in [1.82, 2.24) is 0 Å². The number of hydrogen-bond donors (Lipinski definition) is 3. The molecule has 0 aromatic heterocycles. The van der Waals surface area contributed by atoms with Crippen LogP contribution in [0.15, 0.2) is 58.7 Å². The predicted molar refractivity (Wildman–Crippen MR) is 128 cm³/mol. The summed E-state index contributed by atoms with van der Waals surface area (Å²) in [5.74, 6) is 0.378. The smallest absolute Gasteiger partial charge is 0.122 e. The van der Waals surface area contributed by atoms with Crippen LogP contribution >= 0.6 is 0 Å². The molecule has 0 saturated heterocycles. The number of hydrogen-bond acceptors (Lipinski definition) is 3. The van der Waals surface area contributed by atoms with Crippen LogP contribution in [0.5, 0.6) is 11.5 Å². The van der Waals surface area contributed by atoms with Crippen LogP contribution in [0, 0.1) is 6.92 Å². The zero-order valence-corrected chi connectivity index (χ0v) is 19.6. The molecule has 1 aromatic carbocycles. The fraction of sp³-hybridized carbons (Fsp3) is 0.481.